The predicted molar refractivity (Wildman–Crippen MR) is 127 cm³/mol. The van der Waals surface area contributed by atoms with Crippen molar-refractivity contribution in [3.8, 4) is 12.1 Å². The Bertz CT molecular complexity index is 1350. The molecule has 2 saturated heterocycles. The smallest absolute Gasteiger partial charge is 0.247 e. The molecule has 2 aliphatic heterocycles. The second-order valence-electron chi connectivity index (χ2n) is 9.12. The molecule has 0 bridgehead atoms. The topological polar surface area (TPSA) is 133 Å². The second kappa shape index (κ2) is 8.65. The summed E-state index contributed by atoms with van der Waals surface area (Å²) in [5.41, 5.74) is 1.52. The number of nitrogens with one attached hydrogen (secondary N) is 3. The van der Waals surface area contributed by atoms with E-state index in [1.54, 1.807) is 6.07 Å². The van der Waals surface area contributed by atoms with Crippen molar-refractivity contribution in [1.29, 1.82) is 10.5 Å². The lowest BCUT2D eigenvalue weighted by molar-refractivity contribution is 0.137. The van der Waals surface area contributed by atoms with Crippen LogP contribution < -0.4 is 20.9 Å². The molecule has 12 heteroatoms. The average molecular weight is 474 g/mol. The van der Waals surface area contributed by atoms with Gasteiger partial charge in [0, 0.05) is 51.4 Å². The molecule has 6 rings (SSSR count). The van der Waals surface area contributed by atoms with Crippen molar-refractivity contribution in [2.75, 3.05) is 54.8 Å². The lowest BCUT2D eigenvalue weighted by atomic mass is 10.1. The summed E-state index contributed by atoms with van der Waals surface area (Å²) in [4.78, 5) is 13.2. The van der Waals surface area contributed by atoms with E-state index in [1.807, 2.05) is 4.90 Å². The highest BCUT2D eigenvalue weighted by Crippen LogP contribution is 2.32. The van der Waals surface area contributed by atoms with Gasteiger partial charge in [-0.1, -0.05) is 0 Å². The Hall–Kier alpha value is -4.00. The third-order valence-electron chi connectivity index (χ3n) is 6.76. The molecule has 3 N–H and O–H groups in total. The quantitative estimate of drug-likeness (QED) is 0.483. The third-order valence-corrected chi connectivity index (χ3v) is 6.76. The predicted octanol–water partition coefficient (Wildman–Crippen LogP) is 1.42. The number of hydrogen-bond acceptors (Lipinski definition) is 10. The van der Waals surface area contributed by atoms with Crippen LogP contribution >= 0.6 is 0 Å². The Morgan fingerprint density at radius 1 is 1.09 bits per heavy atom. The van der Waals surface area contributed by atoms with Gasteiger partial charge in [-0.15, -0.1) is 5.10 Å². The van der Waals surface area contributed by atoms with Crippen molar-refractivity contribution < 1.29 is 4.39 Å². The van der Waals surface area contributed by atoms with Gasteiger partial charge >= 0.3 is 0 Å². The first-order chi connectivity index (χ1) is 17.1. The molecule has 35 heavy (non-hydrogen) atoms. The zero-order chi connectivity index (χ0) is 23.9. The fourth-order valence-corrected chi connectivity index (χ4v) is 4.50. The van der Waals surface area contributed by atoms with Crippen LogP contribution in [0.1, 0.15) is 24.1 Å². The summed E-state index contributed by atoms with van der Waals surface area (Å²) in [5, 5.41) is 32.9. The molecule has 178 valence electrons. The highest BCUT2D eigenvalue weighted by atomic mass is 19.1. The van der Waals surface area contributed by atoms with Crippen molar-refractivity contribution in [1.82, 2.24) is 29.8 Å². The number of nitrogens with zero attached hydrogens (tertiary/aromatic N) is 8. The molecule has 3 aliphatic rings. The van der Waals surface area contributed by atoms with E-state index in [9.17, 15) is 10.5 Å². The van der Waals surface area contributed by atoms with Crippen LogP contribution in [0, 0.1) is 28.5 Å². The summed E-state index contributed by atoms with van der Waals surface area (Å²) in [5.74, 6) is 0.122. The number of benzene rings is 1. The number of rotatable bonds is 6. The van der Waals surface area contributed by atoms with E-state index in [4.69, 9.17) is 0 Å². The molecule has 1 aromatic carbocycles. The minimum absolute atomic E-state index is 0.109. The summed E-state index contributed by atoms with van der Waals surface area (Å²) < 4.78 is 17.1. The summed E-state index contributed by atoms with van der Waals surface area (Å²) >= 11 is 0. The zero-order valence-electron chi connectivity index (χ0n) is 19.0. The van der Waals surface area contributed by atoms with E-state index in [0.29, 0.717) is 47.9 Å². The van der Waals surface area contributed by atoms with Crippen LogP contribution in [-0.4, -0.2) is 75.8 Å². The van der Waals surface area contributed by atoms with E-state index in [1.165, 1.54) is 16.8 Å². The number of anilines is 4. The van der Waals surface area contributed by atoms with Gasteiger partial charge in [-0.3, -0.25) is 4.90 Å². The maximum Gasteiger partial charge on any atom is 0.247 e. The third kappa shape index (κ3) is 4.07. The van der Waals surface area contributed by atoms with Gasteiger partial charge in [0.05, 0.1) is 29.2 Å². The molecule has 4 heterocycles. The van der Waals surface area contributed by atoms with Gasteiger partial charge in [0.15, 0.2) is 23.0 Å². The van der Waals surface area contributed by atoms with Gasteiger partial charge in [-0.25, -0.2) is 9.37 Å². The van der Waals surface area contributed by atoms with Gasteiger partial charge in [-0.05, 0) is 25.0 Å². The molecule has 11 nitrogen and oxygen atoms in total. The molecule has 0 amide bonds. The van der Waals surface area contributed by atoms with Gasteiger partial charge in [0.25, 0.3) is 0 Å². The second-order valence-corrected chi connectivity index (χ2v) is 9.12. The number of fused-ring (bicyclic) bond motifs is 1. The van der Waals surface area contributed by atoms with Crippen LogP contribution in [0.2, 0.25) is 0 Å². The number of nitriles is 2. The molecule has 0 unspecified atom stereocenters. The Labute approximate surface area is 201 Å². The summed E-state index contributed by atoms with van der Waals surface area (Å²) in [6.07, 6.45) is 3.48. The standard InChI is InChI=1S/C23H24FN11/c24-20-18(7-14(9-25)8-19(20)34-5-3-33(4-6-34)17-11-27-12-17)30-23-31-21(29-15-1-2-15)22-28-13-16(10-26)35(22)32-23/h7-8,13,15,17,27H,1-6,11-12H2,(H2,29,30,31,32). The molecule has 0 spiro atoms. The van der Waals surface area contributed by atoms with Crippen LogP contribution in [0.3, 0.4) is 0 Å². The highest BCUT2D eigenvalue weighted by molar-refractivity contribution is 5.70. The first-order valence-corrected chi connectivity index (χ1v) is 11.8. The maximum absolute atomic E-state index is 15.7. The van der Waals surface area contributed by atoms with Crippen molar-refractivity contribution in [2.24, 2.45) is 0 Å². The van der Waals surface area contributed by atoms with E-state index in [0.717, 1.165) is 39.0 Å². The summed E-state index contributed by atoms with van der Waals surface area (Å²) in [6.45, 7) is 5.05. The largest absolute Gasteiger partial charge is 0.367 e. The molecular formula is C23H24FN11. The number of halogens is 1. The molecule has 3 aromatic rings. The lowest BCUT2D eigenvalue weighted by Gasteiger charge is -2.44. The van der Waals surface area contributed by atoms with Crippen LogP contribution in [0.5, 0.6) is 0 Å². The fourth-order valence-electron chi connectivity index (χ4n) is 4.50. The Kier molecular flexibility index (Phi) is 5.32. The lowest BCUT2D eigenvalue weighted by Crippen LogP contribution is -2.61. The molecular weight excluding hydrogens is 449 g/mol. The maximum atomic E-state index is 15.7. The normalized spacial score (nSPS) is 18.7. The number of piperazine rings is 1. The van der Waals surface area contributed by atoms with Crippen molar-refractivity contribution in [2.45, 2.75) is 24.9 Å². The van der Waals surface area contributed by atoms with Crippen LogP contribution in [-0.2, 0) is 0 Å². The van der Waals surface area contributed by atoms with E-state index < -0.39 is 5.82 Å². The minimum atomic E-state index is -0.464. The number of imidazole rings is 1. The number of hydrogen-bond donors (Lipinski definition) is 3. The Morgan fingerprint density at radius 3 is 2.54 bits per heavy atom. The molecule has 2 aromatic heterocycles. The number of aromatic nitrogens is 4. The van der Waals surface area contributed by atoms with Gasteiger partial charge in [0.2, 0.25) is 5.95 Å². The van der Waals surface area contributed by atoms with Gasteiger partial charge in [0.1, 0.15) is 6.07 Å². The summed E-state index contributed by atoms with van der Waals surface area (Å²) in [7, 11) is 0. The summed E-state index contributed by atoms with van der Waals surface area (Å²) in [6, 6.07) is 8.09. The van der Waals surface area contributed by atoms with E-state index in [2.05, 4.69) is 48.1 Å². The van der Waals surface area contributed by atoms with E-state index >= 15 is 4.39 Å². The monoisotopic (exact) mass is 473 g/mol. The van der Waals surface area contributed by atoms with Gasteiger partial charge in [-0.2, -0.15) is 20.0 Å². The Balaban J connectivity index is 1.31. The first kappa shape index (κ1) is 21.5. The van der Waals surface area contributed by atoms with Gasteiger partial charge < -0.3 is 20.9 Å². The van der Waals surface area contributed by atoms with Crippen molar-refractivity contribution >= 4 is 28.8 Å². The minimum Gasteiger partial charge on any atom is -0.367 e. The van der Waals surface area contributed by atoms with Crippen molar-refractivity contribution in [3.05, 3.63) is 35.4 Å². The molecule has 0 radical (unpaired) electrons. The molecule has 3 fully saturated rings. The molecule has 1 aliphatic carbocycles. The SMILES string of the molecule is N#Cc1cc(Nc2nc(NC3CC3)c3ncc(C#N)n3n2)c(F)c(N2CCN(C3CNC3)CC2)c1. The first-order valence-electron chi connectivity index (χ1n) is 11.8. The Morgan fingerprint density at radius 2 is 1.89 bits per heavy atom. The van der Waals surface area contributed by atoms with E-state index in [-0.39, 0.29) is 17.3 Å². The van der Waals surface area contributed by atoms with Crippen LogP contribution in [0.25, 0.3) is 5.65 Å². The molecule has 0 atom stereocenters. The van der Waals surface area contributed by atoms with Crippen LogP contribution in [0.4, 0.5) is 27.5 Å². The zero-order valence-corrected chi connectivity index (χ0v) is 19.0. The molecule has 1 saturated carbocycles. The fraction of sp³-hybridized carbons (Fsp3) is 0.435. The van der Waals surface area contributed by atoms with Crippen LogP contribution in [0.15, 0.2) is 18.3 Å². The van der Waals surface area contributed by atoms with Crippen molar-refractivity contribution in [3.63, 3.8) is 0 Å². The average Bonchev–Trinajstić information content (AvgIpc) is 3.56. The highest BCUT2D eigenvalue weighted by Gasteiger charge is 2.29.